The molecule has 6 heteroatoms. The average Bonchev–Trinajstić information content (AvgIpc) is 3.80. The summed E-state index contributed by atoms with van der Waals surface area (Å²) in [5, 5.41) is 4.26. The zero-order chi connectivity index (χ0) is 37.0. The smallest absolute Gasteiger partial charge is 0.238 e. The Balaban J connectivity index is 1.23. The SMILES string of the molecule is c1ccc(-c2cccc(-c3nc(-c4cccc(-c5ccccc5)c4)nc(-n4c5ccccc5c5cnc6c(c7ccccc7n6-c6ccccc6)c54)n3)c2)cc1. The van der Waals surface area contributed by atoms with Gasteiger partial charge in [-0.05, 0) is 58.7 Å². The fourth-order valence-electron chi connectivity index (χ4n) is 8.06. The summed E-state index contributed by atoms with van der Waals surface area (Å²) in [5.74, 6) is 1.72. The molecule has 0 unspecified atom stereocenters. The Hall–Kier alpha value is -7.70. The number of hydrogen-bond acceptors (Lipinski definition) is 4. The molecule has 0 aliphatic heterocycles. The van der Waals surface area contributed by atoms with Crippen LogP contribution in [-0.2, 0) is 0 Å². The fraction of sp³-hybridized carbons (Fsp3) is 0. The van der Waals surface area contributed by atoms with Crippen molar-refractivity contribution in [2.24, 2.45) is 0 Å². The monoisotopic (exact) mass is 716 g/mol. The third-order valence-corrected chi connectivity index (χ3v) is 10.6. The van der Waals surface area contributed by atoms with Crippen LogP contribution in [0.3, 0.4) is 0 Å². The molecule has 0 spiro atoms. The molecule has 0 bridgehead atoms. The second-order valence-electron chi connectivity index (χ2n) is 13.9. The van der Waals surface area contributed by atoms with Gasteiger partial charge in [-0.1, -0.05) is 152 Å². The van der Waals surface area contributed by atoms with Gasteiger partial charge >= 0.3 is 0 Å². The van der Waals surface area contributed by atoms with E-state index in [1.54, 1.807) is 0 Å². The Kier molecular flexibility index (Phi) is 7.38. The molecule has 11 rings (SSSR count). The molecule has 7 aromatic carbocycles. The molecule has 4 aromatic heterocycles. The first kappa shape index (κ1) is 31.8. The summed E-state index contributed by atoms with van der Waals surface area (Å²) < 4.78 is 4.47. The van der Waals surface area contributed by atoms with Crippen molar-refractivity contribution in [1.29, 1.82) is 0 Å². The first-order chi connectivity index (χ1) is 27.8. The Morgan fingerprint density at radius 3 is 1.45 bits per heavy atom. The fourth-order valence-corrected chi connectivity index (χ4v) is 8.06. The Bertz CT molecular complexity index is 3140. The molecule has 0 aliphatic carbocycles. The van der Waals surface area contributed by atoms with Crippen LogP contribution < -0.4 is 0 Å². The van der Waals surface area contributed by atoms with E-state index in [1.807, 2.05) is 24.4 Å². The lowest BCUT2D eigenvalue weighted by Crippen LogP contribution is -2.07. The number of benzene rings is 7. The predicted octanol–water partition coefficient (Wildman–Crippen LogP) is 12.1. The number of fused-ring (bicyclic) bond motifs is 7. The lowest BCUT2D eigenvalue weighted by atomic mass is 10.0. The zero-order valence-electron chi connectivity index (χ0n) is 30.2. The average molecular weight is 717 g/mol. The number of pyridine rings is 1. The normalized spacial score (nSPS) is 11.6. The summed E-state index contributed by atoms with van der Waals surface area (Å²) in [4.78, 5) is 21.1. The number of nitrogens with zero attached hydrogens (tertiary/aromatic N) is 6. The Morgan fingerprint density at radius 2 is 0.839 bits per heavy atom. The van der Waals surface area contributed by atoms with Gasteiger partial charge in [-0.25, -0.2) is 9.97 Å². The molecule has 6 nitrogen and oxygen atoms in total. The van der Waals surface area contributed by atoms with Crippen LogP contribution in [0.4, 0.5) is 0 Å². The van der Waals surface area contributed by atoms with E-state index in [2.05, 4.69) is 179 Å². The van der Waals surface area contributed by atoms with E-state index in [9.17, 15) is 0 Å². The van der Waals surface area contributed by atoms with Gasteiger partial charge in [0.05, 0.1) is 21.9 Å². The maximum atomic E-state index is 5.35. The molecule has 0 N–H and O–H groups in total. The van der Waals surface area contributed by atoms with E-state index in [0.29, 0.717) is 17.6 Å². The molecule has 0 saturated carbocycles. The quantitative estimate of drug-likeness (QED) is 0.172. The highest BCUT2D eigenvalue weighted by Crippen LogP contribution is 2.41. The maximum absolute atomic E-state index is 5.35. The lowest BCUT2D eigenvalue weighted by Gasteiger charge is -2.13. The molecular weight excluding hydrogens is 685 g/mol. The lowest BCUT2D eigenvalue weighted by molar-refractivity contribution is 0.955. The molecule has 11 aromatic rings. The molecule has 0 radical (unpaired) electrons. The van der Waals surface area contributed by atoms with Crippen molar-refractivity contribution in [1.82, 2.24) is 29.1 Å². The minimum Gasteiger partial charge on any atom is -0.294 e. The van der Waals surface area contributed by atoms with Gasteiger partial charge in [0.2, 0.25) is 5.95 Å². The van der Waals surface area contributed by atoms with E-state index in [0.717, 1.165) is 82.8 Å². The summed E-state index contributed by atoms with van der Waals surface area (Å²) in [6.45, 7) is 0. The van der Waals surface area contributed by atoms with E-state index in [-0.39, 0.29) is 0 Å². The minimum absolute atomic E-state index is 0.537. The van der Waals surface area contributed by atoms with Crippen LogP contribution in [0.2, 0.25) is 0 Å². The molecule has 0 fully saturated rings. The van der Waals surface area contributed by atoms with Crippen LogP contribution in [0.15, 0.2) is 194 Å². The van der Waals surface area contributed by atoms with Gasteiger partial charge in [0, 0.05) is 39.2 Å². The van der Waals surface area contributed by atoms with Crippen molar-refractivity contribution >= 4 is 43.7 Å². The second kappa shape index (κ2) is 13.0. The molecule has 0 amide bonds. The second-order valence-corrected chi connectivity index (χ2v) is 13.9. The topological polar surface area (TPSA) is 61.4 Å². The van der Waals surface area contributed by atoms with E-state index >= 15 is 0 Å². The number of aromatic nitrogens is 6. The van der Waals surface area contributed by atoms with Gasteiger partial charge in [0.15, 0.2) is 11.6 Å². The summed E-state index contributed by atoms with van der Waals surface area (Å²) in [7, 11) is 0. The van der Waals surface area contributed by atoms with Gasteiger partial charge in [0.25, 0.3) is 0 Å². The third kappa shape index (κ3) is 5.19. The molecule has 0 aliphatic rings. The van der Waals surface area contributed by atoms with Crippen LogP contribution in [-0.4, -0.2) is 29.1 Å². The number of rotatable bonds is 6. The summed E-state index contributed by atoms with van der Waals surface area (Å²) in [5.41, 5.74) is 11.3. The van der Waals surface area contributed by atoms with Crippen molar-refractivity contribution in [3.05, 3.63) is 194 Å². The van der Waals surface area contributed by atoms with Gasteiger partial charge < -0.3 is 0 Å². The van der Waals surface area contributed by atoms with Gasteiger partial charge in [-0.15, -0.1) is 0 Å². The maximum Gasteiger partial charge on any atom is 0.238 e. The molecule has 262 valence electrons. The van der Waals surface area contributed by atoms with Crippen LogP contribution in [0.25, 0.3) is 100 Å². The Morgan fingerprint density at radius 1 is 0.357 bits per heavy atom. The van der Waals surface area contributed by atoms with Crippen molar-refractivity contribution in [2.75, 3.05) is 0 Å². The molecule has 0 saturated heterocycles. The summed E-state index contributed by atoms with van der Waals surface area (Å²) in [6.07, 6.45) is 2.00. The number of hydrogen-bond donors (Lipinski definition) is 0. The van der Waals surface area contributed by atoms with Crippen molar-refractivity contribution in [3.63, 3.8) is 0 Å². The molecule has 4 heterocycles. The highest BCUT2D eigenvalue weighted by molar-refractivity contribution is 6.24. The van der Waals surface area contributed by atoms with E-state index in [1.165, 1.54) is 0 Å². The highest BCUT2D eigenvalue weighted by atomic mass is 15.2. The zero-order valence-corrected chi connectivity index (χ0v) is 30.2. The molecule has 56 heavy (non-hydrogen) atoms. The van der Waals surface area contributed by atoms with Crippen molar-refractivity contribution < 1.29 is 0 Å². The van der Waals surface area contributed by atoms with Gasteiger partial charge in [-0.2, -0.15) is 9.97 Å². The third-order valence-electron chi connectivity index (χ3n) is 10.6. The predicted molar refractivity (Wildman–Crippen MR) is 228 cm³/mol. The van der Waals surface area contributed by atoms with E-state index < -0.39 is 0 Å². The van der Waals surface area contributed by atoms with Crippen LogP contribution in [0.1, 0.15) is 0 Å². The van der Waals surface area contributed by atoms with Crippen LogP contribution >= 0.6 is 0 Å². The first-order valence-electron chi connectivity index (χ1n) is 18.7. The largest absolute Gasteiger partial charge is 0.294 e. The van der Waals surface area contributed by atoms with Crippen LogP contribution in [0, 0.1) is 0 Å². The minimum atomic E-state index is 0.537. The van der Waals surface area contributed by atoms with Gasteiger partial charge in [0.1, 0.15) is 5.65 Å². The van der Waals surface area contributed by atoms with E-state index in [4.69, 9.17) is 19.9 Å². The van der Waals surface area contributed by atoms with Crippen LogP contribution in [0.5, 0.6) is 0 Å². The summed E-state index contributed by atoms with van der Waals surface area (Å²) in [6, 6.07) is 65.2. The summed E-state index contributed by atoms with van der Waals surface area (Å²) >= 11 is 0. The van der Waals surface area contributed by atoms with Crippen molar-refractivity contribution in [3.8, 4) is 56.7 Å². The Labute approximate surface area is 322 Å². The van der Waals surface area contributed by atoms with Gasteiger partial charge in [-0.3, -0.25) is 9.13 Å². The highest BCUT2D eigenvalue weighted by Gasteiger charge is 2.24. The number of para-hydroxylation sites is 3. The standard InChI is InChI=1S/C50H32N6/c1-4-16-33(17-5-1)35-20-14-22-37(30-35)47-52-48(38-23-15-21-36(31-38)34-18-6-2-7-19-34)54-50(53-47)56-43-28-12-10-26-40(43)42-32-51-49-45(46(42)56)41-27-11-13-29-44(41)55(49)39-24-8-3-9-25-39/h1-32H. The first-order valence-corrected chi connectivity index (χ1v) is 18.7. The van der Waals surface area contributed by atoms with Crippen molar-refractivity contribution in [2.45, 2.75) is 0 Å². The molecular formula is C50H32N6. The molecule has 0 atom stereocenters.